The van der Waals surface area contributed by atoms with E-state index in [4.69, 9.17) is 5.73 Å². The van der Waals surface area contributed by atoms with E-state index in [-0.39, 0.29) is 0 Å². The van der Waals surface area contributed by atoms with Gasteiger partial charge in [0.1, 0.15) is 0 Å². The van der Waals surface area contributed by atoms with Crippen LogP contribution in [0.3, 0.4) is 0 Å². The Morgan fingerprint density at radius 1 is 1.31 bits per heavy atom. The number of nitrogen functional groups attached to an aromatic ring is 1. The molecule has 2 nitrogen and oxygen atoms in total. The lowest BCUT2D eigenvalue weighted by Gasteiger charge is -2.20. The van der Waals surface area contributed by atoms with Gasteiger partial charge in [-0.3, -0.25) is 0 Å². The number of nitrogens with zero attached hydrogens (tertiary/aromatic N) is 1. The van der Waals surface area contributed by atoms with Gasteiger partial charge in [0.25, 0.3) is 0 Å². The quantitative estimate of drug-likeness (QED) is 0.718. The van der Waals surface area contributed by atoms with Crippen LogP contribution in [0.4, 0.5) is 11.4 Å². The summed E-state index contributed by atoms with van der Waals surface area (Å²) in [4.78, 5) is 2.21. The standard InChI is InChI=1S/C11H18N2/c1-3-4-9-13(2)11-8-6-5-7-10(11)12/h5-8H,3-4,9,12H2,1-2H3. The molecule has 0 bridgehead atoms. The molecule has 0 radical (unpaired) electrons. The largest absolute Gasteiger partial charge is 0.397 e. The molecule has 0 aromatic heterocycles. The highest BCUT2D eigenvalue weighted by Gasteiger charge is 2.02. The van der Waals surface area contributed by atoms with Crippen molar-refractivity contribution in [3.8, 4) is 0 Å². The van der Waals surface area contributed by atoms with E-state index < -0.39 is 0 Å². The molecular weight excluding hydrogens is 160 g/mol. The average Bonchev–Trinajstić information content (AvgIpc) is 2.15. The number of hydrogen-bond acceptors (Lipinski definition) is 2. The predicted octanol–water partition coefficient (Wildman–Crippen LogP) is 2.51. The summed E-state index contributed by atoms with van der Waals surface area (Å²) >= 11 is 0. The van der Waals surface area contributed by atoms with Crippen LogP contribution in [0.2, 0.25) is 0 Å². The number of nitrogens with two attached hydrogens (primary N) is 1. The summed E-state index contributed by atoms with van der Waals surface area (Å²) in [5.74, 6) is 0. The fourth-order valence-corrected chi connectivity index (χ4v) is 1.35. The van der Waals surface area contributed by atoms with E-state index in [0.29, 0.717) is 0 Å². The average molecular weight is 178 g/mol. The number of benzene rings is 1. The monoisotopic (exact) mass is 178 g/mol. The van der Waals surface area contributed by atoms with Crippen molar-refractivity contribution in [1.29, 1.82) is 0 Å². The van der Waals surface area contributed by atoms with Gasteiger partial charge in [0.15, 0.2) is 0 Å². The highest BCUT2D eigenvalue weighted by atomic mass is 15.1. The molecule has 13 heavy (non-hydrogen) atoms. The van der Waals surface area contributed by atoms with Crippen molar-refractivity contribution >= 4 is 11.4 Å². The molecule has 0 amide bonds. The van der Waals surface area contributed by atoms with Crippen LogP contribution in [-0.4, -0.2) is 13.6 Å². The van der Waals surface area contributed by atoms with Crippen LogP contribution in [0.25, 0.3) is 0 Å². The van der Waals surface area contributed by atoms with E-state index in [1.165, 1.54) is 12.8 Å². The minimum absolute atomic E-state index is 0.862. The van der Waals surface area contributed by atoms with Gasteiger partial charge in [-0.05, 0) is 18.6 Å². The Bertz CT molecular complexity index is 258. The van der Waals surface area contributed by atoms with Gasteiger partial charge in [-0.2, -0.15) is 0 Å². The molecule has 2 N–H and O–H groups in total. The van der Waals surface area contributed by atoms with Gasteiger partial charge in [-0.25, -0.2) is 0 Å². The molecule has 0 aliphatic rings. The van der Waals surface area contributed by atoms with E-state index in [1.54, 1.807) is 0 Å². The minimum atomic E-state index is 0.862. The lowest BCUT2D eigenvalue weighted by Crippen LogP contribution is -2.19. The topological polar surface area (TPSA) is 29.3 Å². The lowest BCUT2D eigenvalue weighted by molar-refractivity contribution is 0.767. The van der Waals surface area contributed by atoms with Crippen LogP contribution >= 0.6 is 0 Å². The van der Waals surface area contributed by atoms with Crippen LogP contribution < -0.4 is 10.6 Å². The van der Waals surface area contributed by atoms with Gasteiger partial charge in [0.2, 0.25) is 0 Å². The van der Waals surface area contributed by atoms with Gasteiger partial charge in [-0.1, -0.05) is 25.5 Å². The van der Waals surface area contributed by atoms with Crippen LogP contribution in [0.5, 0.6) is 0 Å². The summed E-state index contributed by atoms with van der Waals surface area (Å²) < 4.78 is 0. The second-order valence-corrected chi connectivity index (χ2v) is 3.33. The maximum absolute atomic E-state index is 5.85. The Kier molecular flexibility index (Phi) is 3.62. The third-order valence-corrected chi connectivity index (χ3v) is 2.20. The zero-order chi connectivity index (χ0) is 9.68. The Morgan fingerprint density at radius 2 is 2.00 bits per heavy atom. The Hall–Kier alpha value is -1.18. The second kappa shape index (κ2) is 4.75. The number of rotatable bonds is 4. The molecule has 0 atom stereocenters. The zero-order valence-electron chi connectivity index (χ0n) is 8.46. The minimum Gasteiger partial charge on any atom is -0.397 e. The van der Waals surface area contributed by atoms with Crippen molar-refractivity contribution in [2.45, 2.75) is 19.8 Å². The van der Waals surface area contributed by atoms with Gasteiger partial charge in [0, 0.05) is 13.6 Å². The molecule has 1 aromatic carbocycles. The van der Waals surface area contributed by atoms with Crippen molar-refractivity contribution < 1.29 is 0 Å². The molecule has 0 unspecified atom stereocenters. The highest BCUT2D eigenvalue weighted by molar-refractivity contribution is 5.66. The fraction of sp³-hybridized carbons (Fsp3) is 0.455. The Morgan fingerprint density at radius 3 is 2.62 bits per heavy atom. The zero-order valence-corrected chi connectivity index (χ0v) is 8.46. The number of anilines is 2. The first-order valence-corrected chi connectivity index (χ1v) is 4.81. The van der Waals surface area contributed by atoms with Crippen LogP contribution in [0, 0.1) is 0 Å². The second-order valence-electron chi connectivity index (χ2n) is 3.33. The molecular formula is C11H18N2. The lowest BCUT2D eigenvalue weighted by atomic mass is 10.2. The predicted molar refractivity (Wildman–Crippen MR) is 59.0 cm³/mol. The molecule has 0 spiro atoms. The first-order chi connectivity index (χ1) is 6.25. The van der Waals surface area contributed by atoms with E-state index in [0.717, 1.165) is 17.9 Å². The van der Waals surface area contributed by atoms with Gasteiger partial charge in [0.05, 0.1) is 11.4 Å². The molecule has 0 saturated heterocycles. The molecule has 0 aliphatic heterocycles. The molecule has 72 valence electrons. The summed E-state index contributed by atoms with van der Waals surface area (Å²) in [7, 11) is 2.08. The van der Waals surface area contributed by atoms with E-state index in [2.05, 4.69) is 24.9 Å². The number of hydrogen-bond donors (Lipinski definition) is 1. The maximum atomic E-state index is 5.85. The molecule has 0 fully saturated rings. The van der Waals surface area contributed by atoms with Crippen molar-refractivity contribution in [3.05, 3.63) is 24.3 Å². The first kappa shape index (κ1) is 9.90. The van der Waals surface area contributed by atoms with Gasteiger partial charge < -0.3 is 10.6 Å². The molecule has 1 rings (SSSR count). The highest BCUT2D eigenvalue weighted by Crippen LogP contribution is 2.20. The third-order valence-electron chi connectivity index (χ3n) is 2.20. The summed E-state index contributed by atoms with van der Waals surface area (Å²) in [5.41, 5.74) is 7.85. The summed E-state index contributed by atoms with van der Waals surface area (Å²) in [6.07, 6.45) is 2.43. The van der Waals surface area contributed by atoms with Crippen molar-refractivity contribution in [2.75, 3.05) is 24.2 Å². The van der Waals surface area contributed by atoms with Crippen LogP contribution in [0.15, 0.2) is 24.3 Å². The summed E-state index contributed by atoms with van der Waals surface area (Å²) in [6, 6.07) is 7.99. The number of para-hydroxylation sites is 2. The molecule has 0 saturated carbocycles. The van der Waals surface area contributed by atoms with Crippen LogP contribution in [0.1, 0.15) is 19.8 Å². The third kappa shape index (κ3) is 2.65. The molecule has 2 heteroatoms. The SMILES string of the molecule is CCCCN(C)c1ccccc1N. The Balaban J connectivity index is 2.65. The summed E-state index contributed by atoms with van der Waals surface area (Å²) in [5, 5.41) is 0. The first-order valence-electron chi connectivity index (χ1n) is 4.81. The van der Waals surface area contributed by atoms with Crippen molar-refractivity contribution in [1.82, 2.24) is 0 Å². The van der Waals surface area contributed by atoms with Crippen molar-refractivity contribution in [2.24, 2.45) is 0 Å². The van der Waals surface area contributed by atoms with Crippen LogP contribution in [-0.2, 0) is 0 Å². The maximum Gasteiger partial charge on any atom is 0.0597 e. The molecule has 0 heterocycles. The van der Waals surface area contributed by atoms with Gasteiger partial charge >= 0.3 is 0 Å². The smallest absolute Gasteiger partial charge is 0.0597 e. The summed E-state index contributed by atoms with van der Waals surface area (Å²) in [6.45, 7) is 3.27. The van der Waals surface area contributed by atoms with Crippen molar-refractivity contribution in [3.63, 3.8) is 0 Å². The van der Waals surface area contributed by atoms with Gasteiger partial charge in [-0.15, -0.1) is 0 Å². The molecule has 1 aromatic rings. The molecule has 0 aliphatic carbocycles. The fourth-order valence-electron chi connectivity index (χ4n) is 1.35. The number of unbranched alkanes of at least 4 members (excludes halogenated alkanes) is 1. The normalized spacial score (nSPS) is 10.0. The van der Waals surface area contributed by atoms with E-state index >= 15 is 0 Å². The van der Waals surface area contributed by atoms with E-state index in [1.807, 2.05) is 18.2 Å². The Labute approximate surface area is 80.4 Å². The van der Waals surface area contributed by atoms with E-state index in [9.17, 15) is 0 Å².